The summed E-state index contributed by atoms with van der Waals surface area (Å²) >= 11 is 0. The highest BCUT2D eigenvalue weighted by atomic mass is 19.2. The number of hydrogen-bond donors (Lipinski definition) is 1. The van der Waals surface area contributed by atoms with Gasteiger partial charge < -0.3 is 14.8 Å². The lowest BCUT2D eigenvalue weighted by Crippen LogP contribution is -2.60. The molecule has 2 aromatic carbocycles. The number of morpholine rings is 2. The van der Waals surface area contributed by atoms with Crippen LogP contribution < -0.4 is 10.1 Å². The lowest BCUT2D eigenvalue weighted by atomic mass is 10.1. The number of ether oxygens (including phenoxy) is 2. The molecule has 0 aromatic heterocycles. The van der Waals surface area contributed by atoms with Crippen molar-refractivity contribution in [2.75, 3.05) is 52.4 Å². The second kappa shape index (κ2) is 10.7. The van der Waals surface area contributed by atoms with Gasteiger partial charge in [-0.05, 0) is 42.5 Å². The number of carbonyl (C=O) groups excluding carboxylic acids is 1. The third-order valence-corrected chi connectivity index (χ3v) is 5.79. The molecule has 2 fully saturated rings. The fourth-order valence-electron chi connectivity index (χ4n) is 4.21. The predicted molar refractivity (Wildman–Crippen MR) is 117 cm³/mol. The molecular formula is C24H26F2N4O3. The fraction of sp³-hybridized carbons (Fsp3) is 0.417. The van der Waals surface area contributed by atoms with E-state index in [0.29, 0.717) is 25.3 Å². The second-order valence-corrected chi connectivity index (χ2v) is 8.27. The number of amides is 1. The van der Waals surface area contributed by atoms with E-state index in [1.54, 1.807) is 24.3 Å². The van der Waals surface area contributed by atoms with Crippen molar-refractivity contribution in [2.45, 2.75) is 12.2 Å². The van der Waals surface area contributed by atoms with Crippen LogP contribution in [-0.4, -0.2) is 80.3 Å². The minimum atomic E-state index is -1.03. The summed E-state index contributed by atoms with van der Waals surface area (Å²) in [7, 11) is 0. The third kappa shape index (κ3) is 6.26. The van der Waals surface area contributed by atoms with E-state index in [0.717, 1.165) is 50.6 Å². The number of halogens is 2. The Morgan fingerprint density at radius 3 is 2.33 bits per heavy atom. The first-order valence-corrected chi connectivity index (χ1v) is 11.0. The standard InChI is InChI=1S/C24H26F2N4O3/c25-22-6-3-18(11-23(22)26)24(31)28-7-8-29-13-20-15-30(16-21(14-29)33-20)9-10-32-19-4-1-17(12-27)2-5-19/h1-6,11,20-21H,7-10,13-16H2,(H,28,31). The van der Waals surface area contributed by atoms with E-state index in [9.17, 15) is 13.6 Å². The lowest BCUT2D eigenvalue weighted by Gasteiger charge is -2.45. The van der Waals surface area contributed by atoms with Crippen molar-refractivity contribution < 1.29 is 23.0 Å². The first kappa shape index (κ1) is 23.1. The fourth-order valence-corrected chi connectivity index (χ4v) is 4.21. The Hall–Kier alpha value is -3.06. The lowest BCUT2D eigenvalue weighted by molar-refractivity contribution is -0.138. The molecule has 2 aliphatic heterocycles. The van der Waals surface area contributed by atoms with Gasteiger partial charge in [0.05, 0.1) is 23.8 Å². The quantitative estimate of drug-likeness (QED) is 0.655. The monoisotopic (exact) mass is 456 g/mol. The van der Waals surface area contributed by atoms with Crippen LogP contribution >= 0.6 is 0 Å². The smallest absolute Gasteiger partial charge is 0.251 e. The molecule has 2 aliphatic rings. The summed E-state index contributed by atoms with van der Waals surface area (Å²) in [5, 5.41) is 11.6. The van der Waals surface area contributed by atoms with E-state index in [2.05, 4.69) is 21.2 Å². The number of rotatable bonds is 8. The number of hydrogen-bond acceptors (Lipinski definition) is 6. The first-order valence-electron chi connectivity index (χ1n) is 11.0. The molecule has 2 unspecified atom stereocenters. The zero-order valence-electron chi connectivity index (χ0n) is 18.2. The summed E-state index contributed by atoms with van der Waals surface area (Å²) in [5.41, 5.74) is 0.712. The molecule has 2 aromatic rings. The highest BCUT2D eigenvalue weighted by Crippen LogP contribution is 2.19. The molecule has 1 amide bonds. The maximum absolute atomic E-state index is 13.3. The Labute approximate surface area is 191 Å². The number of nitriles is 1. The predicted octanol–water partition coefficient (Wildman–Crippen LogP) is 2.03. The molecule has 33 heavy (non-hydrogen) atoms. The Morgan fingerprint density at radius 1 is 1.03 bits per heavy atom. The van der Waals surface area contributed by atoms with Gasteiger partial charge in [0.15, 0.2) is 11.6 Å². The van der Waals surface area contributed by atoms with Crippen molar-refractivity contribution in [1.29, 1.82) is 5.26 Å². The summed E-state index contributed by atoms with van der Waals surface area (Å²) < 4.78 is 38.2. The van der Waals surface area contributed by atoms with Crippen molar-refractivity contribution in [3.63, 3.8) is 0 Å². The summed E-state index contributed by atoms with van der Waals surface area (Å²) in [6.45, 7) is 5.59. The van der Waals surface area contributed by atoms with Gasteiger partial charge in [0.1, 0.15) is 12.4 Å². The van der Waals surface area contributed by atoms with Crippen molar-refractivity contribution >= 4 is 5.91 Å². The molecule has 0 saturated carbocycles. The molecule has 2 saturated heterocycles. The molecule has 9 heteroatoms. The van der Waals surface area contributed by atoms with Crippen LogP contribution in [0.1, 0.15) is 15.9 Å². The SMILES string of the molecule is N#Cc1ccc(OCCN2CC3CN(CCNC(=O)c4ccc(F)c(F)c4)CC(C2)O3)cc1. The molecule has 0 spiro atoms. The van der Waals surface area contributed by atoms with Gasteiger partial charge in [-0.1, -0.05) is 0 Å². The Bertz CT molecular complexity index is 998. The summed E-state index contributed by atoms with van der Waals surface area (Å²) in [4.78, 5) is 16.7. The zero-order chi connectivity index (χ0) is 23.2. The Kier molecular flexibility index (Phi) is 7.50. The van der Waals surface area contributed by atoms with Gasteiger partial charge in [-0.2, -0.15) is 5.26 Å². The van der Waals surface area contributed by atoms with Gasteiger partial charge in [-0.15, -0.1) is 0 Å². The highest BCUT2D eigenvalue weighted by molar-refractivity contribution is 5.94. The molecule has 0 aliphatic carbocycles. The van der Waals surface area contributed by atoms with E-state index in [4.69, 9.17) is 14.7 Å². The van der Waals surface area contributed by atoms with E-state index >= 15 is 0 Å². The van der Waals surface area contributed by atoms with Crippen LogP contribution in [-0.2, 0) is 4.74 Å². The van der Waals surface area contributed by atoms with Crippen LogP contribution in [0.5, 0.6) is 5.75 Å². The van der Waals surface area contributed by atoms with Crippen molar-refractivity contribution in [3.05, 3.63) is 65.2 Å². The molecule has 2 bridgehead atoms. The topological polar surface area (TPSA) is 77.8 Å². The van der Waals surface area contributed by atoms with E-state index in [1.165, 1.54) is 6.07 Å². The average Bonchev–Trinajstić information content (AvgIpc) is 2.80. The first-order chi connectivity index (χ1) is 16.0. The summed E-state index contributed by atoms with van der Waals surface area (Å²) in [5.74, 6) is -1.67. The second-order valence-electron chi connectivity index (χ2n) is 8.27. The van der Waals surface area contributed by atoms with Crippen LogP contribution in [0.3, 0.4) is 0 Å². The number of nitrogens with one attached hydrogen (secondary N) is 1. The van der Waals surface area contributed by atoms with Gasteiger partial charge in [0.25, 0.3) is 5.91 Å². The average molecular weight is 456 g/mol. The number of nitrogens with zero attached hydrogens (tertiary/aromatic N) is 3. The molecule has 7 nitrogen and oxygen atoms in total. The van der Waals surface area contributed by atoms with Gasteiger partial charge in [0.2, 0.25) is 0 Å². The molecular weight excluding hydrogens is 430 g/mol. The highest BCUT2D eigenvalue weighted by Gasteiger charge is 2.34. The van der Waals surface area contributed by atoms with Gasteiger partial charge >= 0.3 is 0 Å². The van der Waals surface area contributed by atoms with Gasteiger partial charge in [-0.3, -0.25) is 14.6 Å². The molecule has 174 valence electrons. The molecule has 4 rings (SSSR count). The van der Waals surface area contributed by atoms with E-state index < -0.39 is 17.5 Å². The van der Waals surface area contributed by atoms with Gasteiger partial charge in [-0.25, -0.2) is 8.78 Å². The third-order valence-electron chi connectivity index (χ3n) is 5.79. The number of carbonyl (C=O) groups is 1. The van der Waals surface area contributed by atoms with E-state index in [1.807, 2.05) is 0 Å². The normalized spacial score (nSPS) is 20.8. The summed E-state index contributed by atoms with van der Waals surface area (Å²) in [6.07, 6.45) is 0.184. The minimum absolute atomic E-state index is 0.0920. The number of fused-ring (bicyclic) bond motifs is 2. The molecule has 0 radical (unpaired) electrons. The van der Waals surface area contributed by atoms with E-state index in [-0.39, 0.29) is 17.8 Å². The van der Waals surface area contributed by atoms with Crippen LogP contribution in [0, 0.1) is 23.0 Å². The number of benzene rings is 2. The van der Waals surface area contributed by atoms with Crippen molar-refractivity contribution in [1.82, 2.24) is 15.1 Å². The Morgan fingerprint density at radius 2 is 1.70 bits per heavy atom. The molecule has 2 heterocycles. The summed E-state index contributed by atoms with van der Waals surface area (Å²) in [6, 6.07) is 12.3. The van der Waals surface area contributed by atoms with Crippen molar-refractivity contribution in [3.8, 4) is 11.8 Å². The van der Waals surface area contributed by atoms with Crippen LogP contribution in [0.2, 0.25) is 0 Å². The maximum atomic E-state index is 13.3. The zero-order valence-corrected chi connectivity index (χ0v) is 18.2. The Balaban J connectivity index is 1.16. The largest absolute Gasteiger partial charge is 0.492 e. The van der Waals surface area contributed by atoms with Crippen LogP contribution in [0.4, 0.5) is 8.78 Å². The maximum Gasteiger partial charge on any atom is 0.251 e. The van der Waals surface area contributed by atoms with Gasteiger partial charge in [0, 0.05) is 51.4 Å². The molecule has 1 N–H and O–H groups in total. The van der Waals surface area contributed by atoms with Crippen molar-refractivity contribution in [2.24, 2.45) is 0 Å². The van der Waals surface area contributed by atoms with Crippen LogP contribution in [0.25, 0.3) is 0 Å². The molecule has 2 atom stereocenters. The minimum Gasteiger partial charge on any atom is -0.492 e. The van der Waals surface area contributed by atoms with Crippen LogP contribution in [0.15, 0.2) is 42.5 Å².